The molecule has 0 radical (unpaired) electrons. The summed E-state index contributed by atoms with van der Waals surface area (Å²) in [5, 5.41) is 0. The van der Waals surface area contributed by atoms with Gasteiger partial charge in [-0.25, -0.2) is 0 Å². The van der Waals surface area contributed by atoms with Gasteiger partial charge >= 0.3 is 0 Å². The molecule has 0 aromatic carbocycles. The maximum absolute atomic E-state index is 5.91. The van der Waals surface area contributed by atoms with Crippen molar-refractivity contribution in [3.8, 4) is 0 Å². The van der Waals surface area contributed by atoms with Crippen molar-refractivity contribution in [2.75, 3.05) is 13.2 Å². The molecule has 0 aromatic rings. The number of allylic oxidation sites excluding steroid dienone is 2. The van der Waals surface area contributed by atoms with Crippen molar-refractivity contribution in [1.82, 2.24) is 0 Å². The highest BCUT2D eigenvalue weighted by molar-refractivity contribution is 4.99. The first-order valence-electron chi connectivity index (χ1n) is 6.59. The van der Waals surface area contributed by atoms with Crippen molar-refractivity contribution in [2.45, 2.75) is 52.9 Å². The van der Waals surface area contributed by atoms with Crippen molar-refractivity contribution in [3.63, 3.8) is 0 Å². The number of ether oxygens (including phenoxy) is 2. The van der Waals surface area contributed by atoms with Crippen LogP contribution in [0.5, 0.6) is 0 Å². The highest BCUT2D eigenvalue weighted by atomic mass is 16.5. The first-order valence-corrected chi connectivity index (χ1v) is 6.59. The molecule has 0 heterocycles. The molecule has 0 N–H and O–H groups in total. The molecule has 1 saturated carbocycles. The molecule has 0 unspecified atom stereocenters. The van der Waals surface area contributed by atoms with Crippen LogP contribution in [-0.4, -0.2) is 13.2 Å². The van der Waals surface area contributed by atoms with Gasteiger partial charge in [0.2, 0.25) is 0 Å². The van der Waals surface area contributed by atoms with E-state index in [0.29, 0.717) is 0 Å². The van der Waals surface area contributed by atoms with Crippen LogP contribution < -0.4 is 0 Å². The predicted octanol–water partition coefficient (Wildman–Crippen LogP) is 4.43. The van der Waals surface area contributed by atoms with E-state index >= 15 is 0 Å². The molecule has 2 nitrogen and oxygen atoms in total. The van der Waals surface area contributed by atoms with E-state index in [-0.39, 0.29) is 5.41 Å². The van der Waals surface area contributed by atoms with E-state index in [2.05, 4.69) is 20.4 Å². The minimum absolute atomic E-state index is 0.198. The second-order valence-corrected chi connectivity index (χ2v) is 5.38. The van der Waals surface area contributed by atoms with E-state index in [1.54, 1.807) is 6.26 Å². The summed E-state index contributed by atoms with van der Waals surface area (Å²) in [5.41, 5.74) is 1.45. The minimum atomic E-state index is 0.198. The molecule has 1 aliphatic carbocycles. The SMILES string of the molecule is C=COCC1(COC(C)=C(C)C)CCCCC1. The summed E-state index contributed by atoms with van der Waals surface area (Å²) < 4.78 is 11.3. The van der Waals surface area contributed by atoms with Gasteiger partial charge in [-0.1, -0.05) is 25.8 Å². The first kappa shape index (κ1) is 14.1. The summed E-state index contributed by atoms with van der Waals surface area (Å²) in [7, 11) is 0. The molecule has 1 aliphatic rings. The van der Waals surface area contributed by atoms with Crippen LogP contribution in [-0.2, 0) is 9.47 Å². The van der Waals surface area contributed by atoms with Crippen LogP contribution in [0.3, 0.4) is 0 Å². The quantitative estimate of drug-likeness (QED) is 0.637. The summed E-state index contributed by atoms with van der Waals surface area (Å²) in [5.74, 6) is 1.05. The number of rotatable bonds is 6. The Hall–Kier alpha value is -0.920. The van der Waals surface area contributed by atoms with Crippen LogP contribution in [0.25, 0.3) is 0 Å². The molecule has 0 bridgehead atoms. The summed E-state index contributed by atoms with van der Waals surface area (Å²) >= 11 is 0. The first-order chi connectivity index (χ1) is 8.09. The third-order valence-corrected chi connectivity index (χ3v) is 3.72. The van der Waals surface area contributed by atoms with Crippen molar-refractivity contribution >= 4 is 0 Å². The summed E-state index contributed by atoms with van der Waals surface area (Å²) in [6.07, 6.45) is 7.88. The Morgan fingerprint density at radius 1 is 1.12 bits per heavy atom. The lowest BCUT2D eigenvalue weighted by Crippen LogP contribution is -2.34. The van der Waals surface area contributed by atoms with Crippen molar-refractivity contribution in [3.05, 3.63) is 24.2 Å². The Labute approximate surface area is 106 Å². The Morgan fingerprint density at radius 3 is 2.29 bits per heavy atom. The largest absolute Gasteiger partial charge is 0.501 e. The van der Waals surface area contributed by atoms with Crippen LogP contribution in [0.4, 0.5) is 0 Å². The van der Waals surface area contributed by atoms with Gasteiger partial charge in [0.25, 0.3) is 0 Å². The van der Waals surface area contributed by atoms with E-state index in [9.17, 15) is 0 Å². The van der Waals surface area contributed by atoms with Gasteiger partial charge in [-0.2, -0.15) is 0 Å². The number of hydrogen-bond donors (Lipinski definition) is 0. The second kappa shape index (κ2) is 6.73. The predicted molar refractivity (Wildman–Crippen MR) is 71.7 cm³/mol. The maximum atomic E-state index is 5.91. The normalized spacial score (nSPS) is 18.3. The van der Waals surface area contributed by atoms with Crippen molar-refractivity contribution in [2.24, 2.45) is 5.41 Å². The molecule has 2 heteroatoms. The third-order valence-electron chi connectivity index (χ3n) is 3.72. The molecule has 0 amide bonds. The van der Waals surface area contributed by atoms with Gasteiger partial charge in [0.05, 0.1) is 25.2 Å². The monoisotopic (exact) mass is 238 g/mol. The van der Waals surface area contributed by atoms with Gasteiger partial charge < -0.3 is 9.47 Å². The van der Waals surface area contributed by atoms with Gasteiger partial charge in [0.1, 0.15) is 0 Å². The minimum Gasteiger partial charge on any atom is -0.501 e. The zero-order valence-electron chi connectivity index (χ0n) is 11.6. The Morgan fingerprint density at radius 2 is 1.76 bits per heavy atom. The van der Waals surface area contributed by atoms with E-state index < -0.39 is 0 Å². The Bertz CT molecular complexity index is 269. The lowest BCUT2D eigenvalue weighted by molar-refractivity contribution is 0.00229. The molecule has 0 aliphatic heterocycles. The zero-order valence-corrected chi connectivity index (χ0v) is 11.6. The molecule has 0 aromatic heterocycles. The Kier molecular flexibility index (Phi) is 5.60. The third kappa shape index (κ3) is 4.45. The molecule has 0 saturated heterocycles. The highest BCUT2D eigenvalue weighted by Gasteiger charge is 2.33. The lowest BCUT2D eigenvalue weighted by Gasteiger charge is -2.36. The zero-order chi connectivity index (χ0) is 12.7. The average Bonchev–Trinajstić information content (AvgIpc) is 2.34. The fourth-order valence-electron chi connectivity index (χ4n) is 2.27. The topological polar surface area (TPSA) is 18.5 Å². The fraction of sp³-hybridized carbons (Fsp3) is 0.733. The van der Waals surface area contributed by atoms with E-state index in [4.69, 9.17) is 9.47 Å². The van der Waals surface area contributed by atoms with Crippen LogP contribution in [0.2, 0.25) is 0 Å². The van der Waals surface area contributed by atoms with Crippen LogP contribution in [0.1, 0.15) is 52.9 Å². The second-order valence-electron chi connectivity index (χ2n) is 5.38. The van der Waals surface area contributed by atoms with E-state index in [1.165, 1.54) is 37.7 Å². The molecular formula is C15H26O2. The average molecular weight is 238 g/mol. The van der Waals surface area contributed by atoms with Gasteiger partial charge in [-0.3, -0.25) is 0 Å². The molecule has 0 spiro atoms. The van der Waals surface area contributed by atoms with Crippen LogP contribution >= 0.6 is 0 Å². The lowest BCUT2D eigenvalue weighted by atomic mass is 9.75. The number of hydrogen-bond acceptors (Lipinski definition) is 2. The molecule has 1 rings (SSSR count). The molecule has 0 atom stereocenters. The summed E-state index contributed by atoms with van der Waals surface area (Å²) in [6, 6.07) is 0. The molecule has 98 valence electrons. The fourth-order valence-corrected chi connectivity index (χ4v) is 2.27. The standard InChI is InChI=1S/C15H26O2/c1-5-16-11-15(9-7-6-8-10-15)12-17-14(4)13(2)3/h5H,1,6-12H2,2-4H3. The van der Waals surface area contributed by atoms with E-state index in [1.807, 2.05) is 6.92 Å². The van der Waals surface area contributed by atoms with Crippen molar-refractivity contribution < 1.29 is 9.47 Å². The summed E-state index contributed by atoms with van der Waals surface area (Å²) in [4.78, 5) is 0. The van der Waals surface area contributed by atoms with Crippen molar-refractivity contribution in [1.29, 1.82) is 0 Å². The summed E-state index contributed by atoms with van der Waals surface area (Å²) in [6.45, 7) is 11.4. The molecule has 1 fully saturated rings. The van der Waals surface area contributed by atoms with Gasteiger partial charge in [0.15, 0.2) is 0 Å². The van der Waals surface area contributed by atoms with Gasteiger partial charge in [0, 0.05) is 5.41 Å². The molecular weight excluding hydrogens is 212 g/mol. The van der Waals surface area contributed by atoms with E-state index in [0.717, 1.165) is 19.0 Å². The maximum Gasteiger partial charge on any atom is 0.0966 e. The Balaban J connectivity index is 2.56. The van der Waals surface area contributed by atoms with Crippen LogP contribution in [0.15, 0.2) is 24.2 Å². The van der Waals surface area contributed by atoms with Crippen LogP contribution in [0, 0.1) is 5.41 Å². The molecule has 17 heavy (non-hydrogen) atoms. The highest BCUT2D eigenvalue weighted by Crippen LogP contribution is 2.37. The smallest absolute Gasteiger partial charge is 0.0966 e. The van der Waals surface area contributed by atoms with Gasteiger partial charge in [-0.05, 0) is 39.2 Å². The van der Waals surface area contributed by atoms with Gasteiger partial charge in [-0.15, -0.1) is 0 Å².